The van der Waals surface area contributed by atoms with Gasteiger partial charge in [0.1, 0.15) is 5.56 Å². The molecule has 106 valence electrons. The number of hydrogen-bond acceptors (Lipinski definition) is 4. The lowest BCUT2D eigenvalue weighted by Crippen LogP contribution is -2.30. The standard InChI is InChI=1S/C12H11ClN2O5/c13-8-1-2-9(10(5-8)15(19)20)11(16)14-4-3-7(6-14)12(17)18/h1-2,5,7H,3-4,6H2,(H,17,18). The molecule has 2 rings (SSSR count). The number of hydrogen-bond donors (Lipinski definition) is 1. The summed E-state index contributed by atoms with van der Waals surface area (Å²) < 4.78 is 0. The van der Waals surface area contributed by atoms with E-state index in [1.165, 1.54) is 17.0 Å². The van der Waals surface area contributed by atoms with Crippen molar-refractivity contribution in [2.75, 3.05) is 13.1 Å². The van der Waals surface area contributed by atoms with Crippen molar-refractivity contribution in [2.45, 2.75) is 6.42 Å². The third-order valence-electron chi connectivity index (χ3n) is 3.21. The Hall–Kier alpha value is -2.15. The maximum atomic E-state index is 12.2. The van der Waals surface area contributed by atoms with Gasteiger partial charge in [-0.3, -0.25) is 19.7 Å². The first-order chi connectivity index (χ1) is 9.40. The first-order valence-corrected chi connectivity index (χ1v) is 6.24. The van der Waals surface area contributed by atoms with Crippen molar-refractivity contribution in [1.29, 1.82) is 0 Å². The Bertz CT molecular complexity index is 589. The van der Waals surface area contributed by atoms with E-state index < -0.39 is 22.7 Å². The molecule has 7 nitrogen and oxygen atoms in total. The van der Waals surface area contributed by atoms with E-state index in [4.69, 9.17) is 16.7 Å². The number of rotatable bonds is 3. The van der Waals surface area contributed by atoms with Gasteiger partial charge in [0, 0.05) is 24.2 Å². The molecule has 0 aliphatic carbocycles. The number of amides is 1. The number of nitro benzene ring substituents is 1. The quantitative estimate of drug-likeness (QED) is 0.677. The molecule has 1 aromatic rings. The summed E-state index contributed by atoms with van der Waals surface area (Å²) in [5.74, 6) is -2.13. The van der Waals surface area contributed by atoms with Gasteiger partial charge in [0.15, 0.2) is 0 Å². The van der Waals surface area contributed by atoms with Crippen LogP contribution in [-0.2, 0) is 4.79 Å². The minimum absolute atomic E-state index is 0.0634. The molecule has 1 unspecified atom stereocenters. The van der Waals surface area contributed by atoms with Crippen molar-refractivity contribution in [2.24, 2.45) is 5.92 Å². The van der Waals surface area contributed by atoms with Crippen LogP contribution in [0.1, 0.15) is 16.8 Å². The van der Waals surface area contributed by atoms with Crippen LogP contribution in [0.2, 0.25) is 5.02 Å². The number of carboxylic acid groups (broad SMARTS) is 1. The predicted molar refractivity (Wildman–Crippen MR) is 69.8 cm³/mol. The van der Waals surface area contributed by atoms with Gasteiger partial charge in [-0.05, 0) is 18.6 Å². The molecule has 1 aliphatic rings. The number of likely N-dealkylation sites (tertiary alicyclic amines) is 1. The van der Waals surface area contributed by atoms with Crippen LogP contribution >= 0.6 is 11.6 Å². The van der Waals surface area contributed by atoms with E-state index in [-0.39, 0.29) is 29.4 Å². The average molecular weight is 299 g/mol. The van der Waals surface area contributed by atoms with Crippen molar-refractivity contribution in [1.82, 2.24) is 4.90 Å². The zero-order valence-corrected chi connectivity index (χ0v) is 11.0. The van der Waals surface area contributed by atoms with Gasteiger partial charge in [0.2, 0.25) is 0 Å². The summed E-state index contributed by atoms with van der Waals surface area (Å²) in [4.78, 5) is 34.7. The SMILES string of the molecule is O=C(O)C1CCN(C(=O)c2ccc(Cl)cc2[N+](=O)[O-])C1. The summed E-state index contributed by atoms with van der Waals surface area (Å²) in [5.41, 5.74) is -0.452. The van der Waals surface area contributed by atoms with Gasteiger partial charge in [0.05, 0.1) is 10.8 Å². The molecule has 1 N–H and O–H groups in total. The Morgan fingerprint density at radius 3 is 2.70 bits per heavy atom. The van der Waals surface area contributed by atoms with Crippen LogP contribution in [0.25, 0.3) is 0 Å². The number of carbonyl (C=O) groups is 2. The molecular formula is C12H11ClN2O5. The van der Waals surface area contributed by atoms with E-state index in [0.29, 0.717) is 6.42 Å². The maximum Gasteiger partial charge on any atom is 0.308 e. The third-order valence-corrected chi connectivity index (χ3v) is 3.45. The molecule has 1 aliphatic heterocycles. The van der Waals surface area contributed by atoms with Crippen LogP contribution in [0.4, 0.5) is 5.69 Å². The van der Waals surface area contributed by atoms with Gasteiger partial charge in [-0.2, -0.15) is 0 Å². The highest BCUT2D eigenvalue weighted by atomic mass is 35.5. The van der Waals surface area contributed by atoms with Crippen molar-refractivity contribution >= 4 is 29.2 Å². The van der Waals surface area contributed by atoms with Gasteiger partial charge in [-0.1, -0.05) is 11.6 Å². The smallest absolute Gasteiger partial charge is 0.308 e. The number of carbonyl (C=O) groups excluding carboxylic acids is 1. The molecule has 0 aromatic heterocycles. The second kappa shape index (κ2) is 5.46. The molecule has 20 heavy (non-hydrogen) atoms. The molecule has 0 radical (unpaired) electrons. The Labute approximate surface area is 118 Å². The van der Waals surface area contributed by atoms with Crippen LogP contribution in [-0.4, -0.2) is 39.9 Å². The number of nitro groups is 1. The fraction of sp³-hybridized carbons (Fsp3) is 0.333. The van der Waals surface area contributed by atoms with Gasteiger partial charge in [0.25, 0.3) is 11.6 Å². The van der Waals surface area contributed by atoms with Crippen LogP contribution in [0.15, 0.2) is 18.2 Å². The summed E-state index contributed by atoms with van der Waals surface area (Å²) in [7, 11) is 0. The third kappa shape index (κ3) is 2.72. The summed E-state index contributed by atoms with van der Waals surface area (Å²) in [6, 6.07) is 3.79. The second-order valence-corrected chi connectivity index (χ2v) is 4.93. The highest BCUT2D eigenvalue weighted by molar-refractivity contribution is 6.31. The predicted octanol–water partition coefficient (Wildman–Crippen LogP) is 1.79. The van der Waals surface area contributed by atoms with Crippen molar-refractivity contribution in [3.05, 3.63) is 38.9 Å². The molecule has 0 spiro atoms. The van der Waals surface area contributed by atoms with E-state index in [9.17, 15) is 19.7 Å². The van der Waals surface area contributed by atoms with Crippen molar-refractivity contribution < 1.29 is 19.6 Å². The first-order valence-electron chi connectivity index (χ1n) is 5.86. The molecule has 1 atom stereocenters. The lowest BCUT2D eigenvalue weighted by atomic mass is 10.1. The topological polar surface area (TPSA) is 101 Å². The fourth-order valence-electron chi connectivity index (χ4n) is 2.15. The van der Waals surface area contributed by atoms with Crippen LogP contribution in [0.3, 0.4) is 0 Å². The highest BCUT2D eigenvalue weighted by Gasteiger charge is 2.33. The molecule has 1 heterocycles. The zero-order chi connectivity index (χ0) is 14.9. The maximum absolute atomic E-state index is 12.2. The minimum Gasteiger partial charge on any atom is -0.481 e. The summed E-state index contributed by atoms with van der Waals surface area (Å²) in [6.07, 6.45) is 0.350. The van der Waals surface area contributed by atoms with Crippen LogP contribution < -0.4 is 0 Å². The Kier molecular flexibility index (Phi) is 3.89. The monoisotopic (exact) mass is 298 g/mol. The summed E-state index contributed by atoms with van der Waals surface area (Å²) in [5, 5.41) is 20.0. The molecule has 1 aromatic carbocycles. The highest BCUT2D eigenvalue weighted by Crippen LogP contribution is 2.26. The average Bonchev–Trinajstić information content (AvgIpc) is 2.87. The van der Waals surface area contributed by atoms with Gasteiger partial charge >= 0.3 is 5.97 Å². The molecule has 8 heteroatoms. The number of aliphatic carboxylic acids is 1. The van der Waals surface area contributed by atoms with E-state index in [1.54, 1.807) is 0 Å². The van der Waals surface area contributed by atoms with E-state index in [0.717, 1.165) is 6.07 Å². The molecule has 0 saturated carbocycles. The Morgan fingerprint density at radius 1 is 1.45 bits per heavy atom. The lowest BCUT2D eigenvalue weighted by Gasteiger charge is -2.15. The van der Waals surface area contributed by atoms with Crippen molar-refractivity contribution in [3.63, 3.8) is 0 Å². The van der Waals surface area contributed by atoms with E-state index >= 15 is 0 Å². The number of nitrogens with zero attached hydrogens (tertiary/aromatic N) is 2. The largest absolute Gasteiger partial charge is 0.481 e. The molecular weight excluding hydrogens is 288 g/mol. The zero-order valence-electron chi connectivity index (χ0n) is 10.3. The van der Waals surface area contributed by atoms with E-state index in [1.807, 2.05) is 0 Å². The molecule has 1 saturated heterocycles. The van der Waals surface area contributed by atoms with Crippen LogP contribution in [0.5, 0.6) is 0 Å². The number of benzene rings is 1. The van der Waals surface area contributed by atoms with Gasteiger partial charge in [-0.25, -0.2) is 0 Å². The first kappa shape index (κ1) is 14.3. The van der Waals surface area contributed by atoms with Crippen molar-refractivity contribution in [3.8, 4) is 0 Å². The molecule has 1 fully saturated rings. The molecule has 0 bridgehead atoms. The minimum atomic E-state index is -0.967. The summed E-state index contributed by atoms with van der Waals surface area (Å²) in [6.45, 7) is 0.337. The Morgan fingerprint density at radius 2 is 2.15 bits per heavy atom. The summed E-state index contributed by atoms with van der Waals surface area (Å²) >= 11 is 5.68. The lowest BCUT2D eigenvalue weighted by molar-refractivity contribution is -0.385. The van der Waals surface area contributed by atoms with Gasteiger partial charge < -0.3 is 10.0 Å². The van der Waals surface area contributed by atoms with Crippen LogP contribution in [0, 0.1) is 16.0 Å². The number of carboxylic acids is 1. The fourth-order valence-corrected chi connectivity index (χ4v) is 2.32. The molecule has 1 amide bonds. The second-order valence-electron chi connectivity index (χ2n) is 4.49. The number of halogens is 1. The van der Waals surface area contributed by atoms with E-state index in [2.05, 4.69) is 0 Å². The Balaban J connectivity index is 2.26. The van der Waals surface area contributed by atoms with Gasteiger partial charge in [-0.15, -0.1) is 0 Å². The normalized spacial score (nSPS) is 18.1.